The molecule has 0 aromatic heterocycles. The van der Waals surface area contributed by atoms with Gasteiger partial charge in [-0.3, -0.25) is 14.4 Å². The van der Waals surface area contributed by atoms with Gasteiger partial charge < -0.3 is 15.4 Å². The van der Waals surface area contributed by atoms with Crippen LogP contribution in [0, 0.1) is 11.8 Å². The van der Waals surface area contributed by atoms with Gasteiger partial charge >= 0.3 is 5.97 Å². The van der Waals surface area contributed by atoms with E-state index >= 15 is 0 Å². The SMILES string of the molecule is CC(C)NCCCC[C@H](NC(=O)CCC(C)(C)SSCCOC(=O)C(C)C)C(=O)C(C)C. The molecule has 0 saturated carbocycles. The first kappa shape index (κ1) is 31.3. The molecule has 8 heteroatoms. The molecule has 188 valence electrons. The molecule has 0 aliphatic carbocycles. The van der Waals surface area contributed by atoms with Crippen molar-refractivity contribution in [3.63, 3.8) is 0 Å². The normalized spacial score (nSPS) is 13.0. The number of ether oxygens (including phenoxy) is 1. The molecule has 0 unspecified atom stereocenters. The molecule has 0 bridgehead atoms. The fourth-order valence-corrected chi connectivity index (χ4v) is 5.22. The molecule has 32 heavy (non-hydrogen) atoms. The fraction of sp³-hybridized carbons (Fsp3) is 0.875. The van der Waals surface area contributed by atoms with Crippen molar-refractivity contribution in [3.8, 4) is 0 Å². The van der Waals surface area contributed by atoms with Crippen LogP contribution in [-0.2, 0) is 19.1 Å². The van der Waals surface area contributed by atoms with Crippen molar-refractivity contribution >= 4 is 39.2 Å². The number of amides is 1. The standard InChI is InChI=1S/C24H46N2O4S2/c1-17(2)22(28)20(11-9-10-14-25-19(5)6)26-21(27)12-13-24(7,8)32-31-16-15-30-23(29)18(3)4/h17-20,25H,9-16H2,1-8H3,(H,26,27)/t20-/m0/s1. The highest BCUT2D eigenvalue weighted by atomic mass is 33.1. The zero-order valence-corrected chi connectivity index (χ0v) is 23.0. The van der Waals surface area contributed by atoms with E-state index in [-0.39, 0.29) is 34.2 Å². The smallest absolute Gasteiger partial charge is 0.308 e. The van der Waals surface area contributed by atoms with E-state index in [0.717, 1.165) is 25.1 Å². The van der Waals surface area contributed by atoms with Gasteiger partial charge in [0.15, 0.2) is 5.78 Å². The highest BCUT2D eigenvalue weighted by Gasteiger charge is 2.25. The minimum absolute atomic E-state index is 0.0613. The molecule has 0 rings (SSSR count). The molecule has 0 radical (unpaired) electrons. The summed E-state index contributed by atoms with van der Waals surface area (Å²) in [6, 6.07) is 0.0552. The van der Waals surface area contributed by atoms with Gasteiger partial charge in [0.2, 0.25) is 5.91 Å². The summed E-state index contributed by atoms with van der Waals surface area (Å²) >= 11 is 0. The van der Waals surface area contributed by atoms with E-state index < -0.39 is 6.04 Å². The van der Waals surface area contributed by atoms with Gasteiger partial charge in [0.1, 0.15) is 6.61 Å². The number of esters is 1. The number of carbonyl (C=O) groups excluding carboxylic acids is 3. The number of nitrogens with one attached hydrogen (secondary N) is 2. The topological polar surface area (TPSA) is 84.5 Å². The van der Waals surface area contributed by atoms with E-state index in [1.54, 1.807) is 21.6 Å². The number of hydrogen-bond donors (Lipinski definition) is 2. The maximum Gasteiger partial charge on any atom is 0.308 e. The van der Waals surface area contributed by atoms with Gasteiger partial charge in [-0.1, -0.05) is 63.1 Å². The monoisotopic (exact) mass is 490 g/mol. The molecular weight excluding hydrogens is 444 g/mol. The third-order valence-corrected chi connectivity index (χ3v) is 8.15. The maximum atomic E-state index is 12.6. The van der Waals surface area contributed by atoms with Gasteiger partial charge in [-0.05, 0) is 46.1 Å². The molecule has 1 atom stereocenters. The van der Waals surface area contributed by atoms with E-state index in [2.05, 4.69) is 38.3 Å². The van der Waals surface area contributed by atoms with Gasteiger partial charge in [0.25, 0.3) is 0 Å². The molecule has 0 fully saturated rings. The summed E-state index contributed by atoms with van der Waals surface area (Å²) in [6.45, 7) is 17.2. The Morgan fingerprint density at radius 2 is 1.62 bits per heavy atom. The van der Waals surface area contributed by atoms with Crippen LogP contribution in [0.15, 0.2) is 0 Å². The summed E-state index contributed by atoms with van der Waals surface area (Å²) in [7, 11) is 3.36. The van der Waals surface area contributed by atoms with Gasteiger partial charge in [0, 0.05) is 28.9 Å². The molecule has 0 aliphatic heterocycles. The zero-order chi connectivity index (χ0) is 24.7. The number of unbranched alkanes of at least 4 members (excludes halogenated alkanes) is 1. The van der Waals surface area contributed by atoms with Crippen LogP contribution in [0.2, 0.25) is 0 Å². The minimum Gasteiger partial charge on any atom is -0.465 e. The quantitative estimate of drug-likeness (QED) is 0.159. The summed E-state index contributed by atoms with van der Waals surface area (Å²) in [6.07, 6.45) is 3.68. The van der Waals surface area contributed by atoms with Crippen LogP contribution in [0.5, 0.6) is 0 Å². The van der Waals surface area contributed by atoms with Crippen molar-refractivity contribution in [1.29, 1.82) is 0 Å². The summed E-state index contributed by atoms with van der Waals surface area (Å²) in [4.78, 5) is 36.6. The molecular formula is C24H46N2O4S2. The first-order chi connectivity index (χ1) is 14.9. The summed E-state index contributed by atoms with van der Waals surface area (Å²) in [5.74, 6) is 0.389. The Kier molecular flexibility index (Phi) is 16.4. The average molecular weight is 491 g/mol. The number of hydrogen-bond acceptors (Lipinski definition) is 7. The predicted octanol–water partition coefficient (Wildman–Crippen LogP) is 5.00. The Bertz CT molecular complexity index is 566. The first-order valence-electron chi connectivity index (χ1n) is 11.9. The lowest BCUT2D eigenvalue weighted by molar-refractivity contribution is -0.146. The highest BCUT2D eigenvalue weighted by Crippen LogP contribution is 2.38. The highest BCUT2D eigenvalue weighted by molar-refractivity contribution is 8.77. The maximum absolute atomic E-state index is 12.6. The molecule has 0 aliphatic rings. The van der Waals surface area contributed by atoms with Crippen molar-refractivity contribution in [2.75, 3.05) is 18.9 Å². The third-order valence-electron chi connectivity index (χ3n) is 4.84. The molecule has 0 heterocycles. The summed E-state index contributed by atoms with van der Waals surface area (Å²) in [5, 5.41) is 6.37. The second-order valence-electron chi connectivity index (χ2n) is 9.77. The van der Waals surface area contributed by atoms with Crippen molar-refractivity contribution < 1.29 is 19.1 Å². The van der Waals surface area contributed by atoms with Gasteiger partial charge in [-0.25, -0.2) is 0 Å². The van der Waals surface area contributed by atoms with Gasteiger partial charge in [-0.15, -0.1) is 0 Å². The van der Waals surface area contributed by atoms with E-state index in [4.69, 9.17) is 4.74 Å². The average Bonchev–Trinajstić information content (AvgIpc) is 2.69. The van der Waals surface area contributed by atoms with Crippen LogP contribution in [-0.4, -0.2) is 53.4 Å². The Labute approximate surface area is 203 Å². The molecule has 6 nitrogen and oxygen atoms in total. The van der Waals surface area contributed by atoms with Crippen LogP contribution in [0.4, 0.5) is 0 Å². The van der Waals surface area contributed by atoms with Crippen molar-refractivity contribution in [1.82, 2.24) is 10.6 Å². The van der Waals surface area contributed by atoms with E-state index in [0.29, 0.717) is 31.9 Å². The number of rotatable bonds is 18. The molecule has 0 aromatic carbocycles. The van der Waals surface area contributed by atoms with Gasteiger partial charge in [-0.2, -0.15) is 0 Å². The predicted molar refractivity (Wildman–Crippen MR) is 138 cm³/mol. The Hall–Kier alpha value is -0.730. The summed E-state index contributed by atoms with van der Waals surface area (Å²) < 4.78 is 5.09. The summed E-state index contributed by atoms with van der Waals surface area (Å²) in [5.41, 5.74) is 0. The Balaban J connectivity index is 4.37. The number of Topliss-reactive ketones (excluding diaryl/α,β-unsaturated/α-hetero) is 1. The van der Waals surface area contributed by atoms with Crippen molar-refractivity contribution in [3.05, 3.63) is 0 Å². The van der Waals surface area contributed by atoms with Crippen molar-refractivity contribution in [2.24, 2.45) is 11.8 Å². The minimum atomic E-state index is -0.401. The molecule has 2 N–H and O–H groups in total. The second-order valence-corrected chi connectivity index (χ2v) is 12.9. The molecule has 0 aromatic rings. The van der Waals surface area contributed by atoms with Gasteiger partial charge in [0.05, 0.1) is 12.0 Å². The Morgan fingerprint density at radius 1 is 0.969 bits per heavy atom. The fourth-order valence-electron chi connectivity index (χ4n) is 2.82. The van der Waals surface area contributed by atoms with Crippen LogP contribution in [0.3, 0.4) is 0 Å². The van der Waals surface area contributed by atoms with Crippen LogP contribution in [0.1, 0.15) is 87.5 Å². The lowest BCUT2D eigenvalue weighted by Crippen LogP contribution is -2.43. The Morgan fingerprint density at radius 3 is 2.19 bits per heavy atom. The lowest BCUT2D eigenvalue weighted by atomic mass is 9.96. The first-order valence-corrected chi connectivity index (χ1v) is 14.2. The molecule has 1 amide bonds. The molecule has 0 saturated heterocycles. The zero-order valence-electron chi connectivity index (χ0n) is 21.4. The van der Waals surface area contributed by atoms with Crippen LogP contribution < -0.4 is 10.6 Å². The second kappa shape index (κ2) is 16.8. The number of ketones is 1. The van der Waals surface area contributed by atoms with E-state index in [1.165, 1.54) is 0 Å². The van der Waals surface area contributed by atoms with Crippen LogP contribution >= 0.6 is 21.6 Å². The van der Waals surface area contributed by atoms with Crippen molar-refractivity contribution in [2.45, 2.75) is 104 Å². The third kappa shape index (κ3) is 16.0. The van der Waals surface area contributed by atoms with Crippen LogP contribution in [0.25, 0.3) is 0 Å². The van der Waals surface area contributed by atoms with E-state index in [9.17, 15) is 14.4 Å². The van der Waals surface area contributed by atoms with E-state index in [1.807, 2.05) is 27.7 Å². The lowest BCUT2D eigenvalue weighted by Gasteiger charge is -2.24. The molecule has 0 spiro atoms. The number of carbonyl (C=O) groups is 3. The largest absolute Gasteiger partial charge is 0.465 e.